The van der Waals surface area contributed by atoms with Crippen LogP contribution in [0.15, 0.2) is 30.3 Å². The first-order chi connectivity index (χ1) is 15.3. The zero-order chi connectivity index (χ0) is 24.2. The summed E-state index contributed by atoms with van der Waals surface area (Å²) < 4.78 is 48.1. The van der Waals surface area contributed by atoms with Crippen molar-refractivity contribution in [3.8, 4) is 5.75 Å². The number of amides is 1. The molecule has 1 spiro atoms. The maximum absolute atomic E-state index is 13.7. The highest BCUT2D eigenvalue weighted by Crippen LogP contribution is 2.44. The molecule has 1 amide bonds. The molecule has 1 fully saturated rings. The molecule has 1 N–H and O–H groups in total. The minimum Gasteiger partial charge on any atom is -0.489 e. The monoisotopic (exact) mass is 483 g/mol. The SMILES string of the molecule is CC(C)Oc1ccc(C(=O)N2CCC3(CC2)NCC(C)(C)n2c(C(F)(F)F)ccc23)cc1Cl. The molecule has 0 bridgehead atoms. The van der Waals surface area contributed by atoms with Crippen LogP contribution in [0.5, 0.6) is 5.75 Å². The average Bonchev–Trinajstić information content (AvgIpc) is 3.21. The summed E-state index contributed by atoms with van der Waals surface area (Å²) in [5.41, 5.74) is -0.829. The Morgan fingerprint density at radius 3 is 2.39 bits per heavy atom. The molecule has 0 saturated carbocycles. The van der Waals surface area contributed by atoms with Gasteiger partial charge in [0.25, 0.3) is 5.91 Å². The fraction of sp³-hybridized carbons (Fsp3) is 0.542. The molecule has 1 aromatic carbocycles. The highest BCUT2D eigenvalue weighted by molar-refractivity contribution is 6.32. The Bertz CT molecular complexity index is 1050. The Labute approximate surface area is 196 Å². The third-order valence-corrected chi connectivity index (χ3v) is 6.87. The fourth-order valence-corrected chi connectivity index (χ4v) is 5.15. The summed E-state index contributed by atoms with van der Waals surface area (Å²) in [5, 5.41) is 3.89. The normalized spacial score (nSPS) is 19.6. The number of halogens is 4. The van der Waals surface area contributed by atoms with Gasteiger partial charge in [0.2, 0.25) is 0 Å². The summed E-state index contributed by atoms with van der Waals surface area (Å²) in [6, 6.07) is 7.75. The number of rotatable bonds is 3. The van der Waals surface area contributed by atoms with Crippen LogP contribution < -0.4 is 10.1 Å². The van der Waals surface area contributed by atoms with E-state index in [0.29, 0.717) is 54.5 Å². The van der Waals surface area contributed by atoms with Crippen molar-refractivity contribution in [3.05, 3.63) is 52.3 Å². The summed E-state index contributed by atoms with van der Waals surface area (Å²) >= 11 is 6.29. The number of benzene rings is 1. The highest BCUT2D eigenvalue weighted by Gasteiger charge is 2.49. The molecule has 0 radical (unpaired) electrons. The van der Waals surface area contributed by atoms with Crippen molar-refractivity contribution in [1.82, 2.24) is 14.8 Å². The second kappa shape index (κ2) is 8.24. The standard InChI is InChI=1S/C24H29ClF3N3O2/c1-15(2)33-18-6-5-16(13-17(18)25)21(32)30-11-9-23(10-12-30)19-7-8-20(24(26,27)28)31(19)22(3,4)14-29-23/h5-8,13,15,29H,9-12,14H2,1-4H3. The molecule has 0 aliphatic carbocycles. The predicted molar refractivity (Wildman–Crippen MR) is 121 cm³/mol. The minimum absolute atomic E-state index is 0.0351. The van der Waals surface area contributed by atoms with E-state index in [-0.39, 0.29) is 12.0 Å². The summed E-state index contributed by atoms with van der Waals surface area (Å²) in [6.45, 7) is 8.68. The Hall–Kier alpha value is -2.19. The molecular weight excluding hydrogens is 455 g/mol. The molecule has 2 aliphatic heterocycles. The zero-order valence-electron chi connectivity index (χ0n) is 19.2. The number of hydrogen-bond acceptors (Lipinski definition) is 3. The van der Waals surface area contributed by atoms with Gasteiger partial charge in [-0.2, -0.15) is 13.2 Å². The smallest absolute Gasteiger partial charge is 0.431 e. The predicted octanol–water partition coefficient (Wildman–Crippen LogP) is 5.42. The van der Waals surface area contributed by atoms with E-state index in [2.05, 4.69) is 5.32 Å². The Kier molecular flexibility index (Phi) is 5.98. The molecule has 1 saturated heterocycles. The van der Waals surface area contributed by atoms with E-state index in [0.717, 1.165) is 0 Å². The van der Waals surface area contributed by atoms with Gasteiger partial charge in [0.15, 0.2) is 0 Å². The van der Waals surface area contributed by atoms with Gasteiger partial charge in [-0.3, -0.25) is 4.79 Å². The maximum Gasteiger partial charge on any atom is 0.431 e. The summed E-state index contributed by atoms with van der Waals surface area (Å²) in [6.07, 6.45) is -3.40. The van der Waals surface area contributed by atoms with E-state index in [1.54, 1.807) is 43.0 Å². The second-order valence-corrected chi connectivity index (χ2v) is 10.2. The van der Waals surface area contributed by atoms with Gasteiger partial charge in [-0.15, -0.1) is 0 Å². The number of nitrogens with one attached hydrogen (secondary N) is 1. The van der Waals surface area contributed by atoms with E-state index in [1.165, 1.54) is 10.6 Å². The van der Waals surface area contributed by atoms with Crippen LogP contribution in [-0.2, 0) is 17.3 Å². The number of carbonyl (C=O) groups is 1. The molecule has 33 heavy (non-hydrogen) atoms. The first-order valence-electron chi connectivity index (χ1n) is 11.1. The van der Waals surface area contributed by atoms with E-state index < -0.39 is 22.9 Å². The molecule has 5 nitrogen and oxygen atoms in total. The zero-order valence-corrected chi connectivity index (χ0v) is 20.0. The Morgan fingerprint density at radius 1 is 1.15 bits per heavy atom. The Balaban J connectivity index is 1.54. The number of aromatic nitrogens is 1. The lowest BCUT2D eigenvalue weighted by atomic mass is 9.80. The Morgan fingerprint density at radius 2 is 1.82 bits per heavy atom. The van der Waals surface area contributed by atoms with Crippen LogP contribution in [0.2, 0.25) is 5.02 Å². The van der Waals surface area contributed by atoms with Gasteiger partial charge in [-0.05, 0) is 70.9 Å². The first-order valence-corrected chi connectivity index (χ1v) is 11.5. The van der Waals surface area contributed by atoms with Crippen molar-refractivity contribution in [3.63, 3.8) is 0 Å². The third kappa shape index (κ3) is 4.35. The molecule has 2 aliphatic rings. The number of alkyl halides is 3. The second-order valence-electron chi connectivity index (χ2n) is 9.79. The van der Waals surface area contributed by atoms with Gasteiger partial charge >= 0.3 is 6.18 Å². The molecule has 180 valence electrons. The van der Waals surface area contributed by atoms with Crippen molar-refractivity contribution in [1.29, 1.82) is 0 Å². The first kappa shape index (κ1) is 24.0. The van der Waals surface area contributed by atoms with Gasteiger partial charge < -0.3 is 19.5 Å². The molecule has 4 rings (SSSR count). The van der Waals surface area contributed by atoms with Gasteiger partial charge in [0, 0.05) is 30.9 Å². The molecule has 0 unspecified atom stereocenters. The number of piperidine rings is 1. The van der Waals surface area contributed by atoms with Crippen LogP contribution in [0.25, 0.3) is 0 Å². The number of nitrogens with zero attached hydrogens (tertiary/aromatic N) is 2. The van der Waals surface area contributed by atoms with Crippen molar-refractivity contribution in [2.24, 2.45) is 0 Å². The van der Waals surface area contributed by atoms with Crippen molar-refractivity contribution < 1.29 is 22.7 Å². The quantitative estimate of drug-likeness (QED) is 0.634. The van der Waals surface area contributed by atoms with Gasteiger partial charge in [0.1, 0.15) is 11.4 Å². The van der Waals surface area contributed by atoms with Crippen LogP contribution in [-0.4, -0.2) is 41.1 Å². The van der Waals surface area contributed by atoms with Crippen LogP contribution in [0.3, 0.4) is 0 Å². The molecule has 2 aromatic rings. The van der Waals surface area contributed by atoms with Crippen molar-refractivity contribution in [2.75, 3.05) is 19.6 Å². The number of likely N-dealkylation sites (tertiary alicyclic amines) is 1. The van der Waals surface area contributed by atoms with Crippen LogP contribution in [0, 0.1) is 0 Å². The summed E-state index contributed by atoms with van der Waals surface area (Å²) in [7, 11) is 0. The summed E-state index contributed by atoms with van der Waals surface area (Å²) in [4.78, 5) is 14.8. The average molecular weight is 484 g/mol. The van der Waals surface area contributed by atoms with Crippen LogP contribution in [0.1, 0.15) is 62.3 Å². The third-order valence-electron chi connectivity index (χ3n) is 6.57. The topological polar surface area (TPSA) is 46.5 Å². The van der Waals surface area contributed by atoms with E-state index in [1.807, 2.05) is 13.8 Å². The minimum atomic E-state index is -4.42. The van der Waals surface area contributed by atoms with E-state index in [9.17, 15) is 18.0 Å². The highest BCUT2D eigenvalue weighted by atomic mass is 35.5. The molecule has 0 atom stereocenters. The largest absolute Gasteiger partial charge is 0.489 e. The van der Waals surface area contributed by atoms with Crippen LogP contribution in [0.4, 0.5) is 13.2 Å². The number of fused-ring (bicyclic) bond motifs is 2. The van der Waals surface area contributed by atoms with Crippen molar-refractivity contribution in [2.45, 2.75) is 63.9 Å². The van der Waals surface area contributed by atoms with Gasteiger partial charge in [0.05, 0.1) is 22.2 Å². The summed E-state index contributed by atoms with van der Waals surface area (Å²) in [5.74, 6) is 0.376. The number of hydrogen-bond donors (Lipinski definition) is 1. The lowest BCUT2D eigenvalue weighted by Crippen LogP contribution is -2.61. The van der Waals surface area contributed by atoms with E-state index >= 15 is 0 Å². The molecule has 3 heterocycles. The molecule has 1 aromatic heterocycles. The van der Waals surface area contributed by atoms with E-state index in [4.69, 9.17) is 16.3 Å². The van der Waals surface area contributed by atoms with Crippen molar-refractivity contribution >= 4 is 17.5 Å². The number of ether oxygens (including phenoxy) is 1. The number of carbonyl (C=O) groups excluding carboxylic acids is 1. The van der Waals surface area contributed by atoms with Crippen LogP contribution >= 0.6 is 11.6 Å². The fourth-order valence-electron chi connectivity index (χ4n) is 4.93. The lowest BCUT2D eigenvalue weighted by Gasteiger charge is -2.50. The molecular formula is C24H29ClF3N3O2. The molecule has 9 heteroatoms. The maximum atomic E-state index is 13.7. The van der Waals surface area contributed by atoms with Gasteiger partial charge in [-0.1, -0.05) is 11.6 Å². The van der Waals surface area contributed by atoms with Gasteiger partial charge in [-0.25, -0.2) is 0 Å². The lowest BCUT2D eigenvalue weighted by molar-refractivity contribution is -0.146.